The molecule has 0 atom stereocenters. The Labute approximate surface area is 208 Å². The van der Waals surface area contributed by atoms with Crippen LogP contribution >= 0.6 is 62.5 Å². The summed E-state index contributed by atoms with van der Waals surface area (Å²) in [4.78, 5) is 13.0. The van der Waals surface area contributed by atoms with Gasteiger partial charge < -0.3 is 4.74 Å². The number of amides is 1. The van der Waals surface area contributed by atoms with Gasteiger partial charge in [0.25, 0.3) is 0 Å². The quantitative estimate of drug-likeness (QED) is 0.180. The second-order valence-electron chi connectivity index (χ2n) is 6.24. The van der Waals surface area contributed by atoms with Crippen LogP contribution in [0.1, 0.15) is 11.1 Å². The Kier molecular flexibility index (Phi) is 9.11. The highest BCUT2D eigenvalue weighted by Crippen LogP contribution is 2.26. The molecule has 0 saturated carbocycles. The van der Waals surface area contributed by atoms with E-state index in [1.54, 1.807) is 24.3 Å². The number of carbonyl (C=O) groups excluding carboxylic acids is 1. The molecular weight excluding hydrogens is 543 g/mol. The third-order valence-corrected chi connectivity index (χ3v) is 6.29. The molecule has 1 amide bonds. The highest BCUT2D eigenvalue weighted by molar-refractivity contribution is 9.10. The van der Waals surface area contributed by atoms with Crippen molar-refractivity contribution in [2.45, 2.75) is 11.5 Å². The number of nitrogens with one attached hydrogen (secondary N) is 1. The fourth-order valence-electron chi connectivity index (χ4n) is 2.43. The first-order valence-corrected chi connectivity index (χ1v) is 11.9. The number of benzene rings is 3. The van der Waals surface area contributed by atoms with E-state index in [9.17, 15) is 4.79 Å². The van der Waals surface area contributed by atoms with E-state index in [2.05, 4.69) is 26.5 Å². The molecule has 160 valence electrons. The van der Waals surface area contributed by atoms with Gasteiger partial charge in [0.05, 0.1) is 12.0 Å². The summed E-state index contributed by atoms with van der Waals surface area (Å²) in [6.45, 7) is 0.266. The fraction of sp³-hybridized carbons (Fsp3) is 0.0909. The van der Waals surface area contributed by atoms with E-state index in [-0.39, 0.29) is 18.3 Å². The van der Waals surface area contributed by atoms with Gasteiger partial charge in [-0.1, -0.05) is 56.8 Å². The Bertz CT molecular complexity index is 1090. The van der Waals surface area contributed by atoms with Crippen LogP contribution in [0.4, 0.5) is 0 Å². The Hall–Kier alpha value is -1.70. The van der Waals surface area contributed by atoms with Crippen molar-refractivity contribution in [1.82, 2.24) is 5.43 Å². The molecule has 0 saturated heterocycles. The van der Waals surface area contributed by atoms with Crippen LogP contribution < -0.4 is 10.2 Å². The number of rotatable bonds is 8. The minimum atomic E-state index is -0.221. The Morgan fingerprint density at radius 1 is 1.03 bits per heavy atom. The third kappa shape index (κ3) is 7.74. The van der Waals surface area contributed by atoms with E-state index >= 15 is 0 Å². The van der Waals surface area contributed by atoms with E-state index in [0.29, 0.717) is 26.4 Å². The van der Waals surface area contributed by atoms with Crippen LogP contribution in [0.25, 0.3) is 0 Å². The molecular formula is C22H16BrCl3N2O2S. The zero-order valence-corrected chi connectivity index (χ0v) is 20.6. The number of hydrogen-bond acceptors (Lipinski definition) is 4. The standard InChI is InChI=1S/C22H16BrCl3N2O2S/c23-16-2-8-21(30-12-14-1-3-18(25)10-20(14)26)15(9-16)11-27-28-22(29)13-31-19-6-4-17(24)5-7-19/h1-11H,12-13H2,(H,28,29)/b27-11-. The first-order valence-electron chi connectivity index (χ1n) is 8.97. The van der Waals surface area contributed by atoms with E-state index in [4.69, 9.17) is 39.5 Å². The van der Waals surface area contributed by atoms with Crippen LogP contribution in [0, 0.1) is 0 Å². The number of halogens is 4. The molecule has 31 heavy (non-hydrogen) atoms. The zero-order chi connectivity index (χ0) is 22.2. The normalized spacial score (nSPS) is 11.0. The third-order valence-electron chi connectivity index (χ3n) is 3.95. The summed E-state index contributed by atoms with van der Waals surface area (Å²) in [7, 11) is 0. The van der Waals surface area contributed by atoms with Crippen LogP contribution in [0.5, 0.6) is 5.75 Å². The molecule has 0 heterocycles. The first kappa shape index (κ1) is 24.0. The van der Waals surface area contributed by atoms with Crippen molar-refractivity contribution >= 4 is 74.6 Å². The predicted molar refractivity (Wildman–Crippen MR) is 133 cm³/mol. The Balaban J connectivity index is 1.58. The first-order chi connectivity index (χ1) is 14.9. The van der Waals surface area contributed by atoms with Gasteiger partial charge >= 0.3 is 0 Å². The molecule has 1 N–H and O–H groups in total. The lowest BCUT2D eigenvalue weighted by molar-refractivity contribution is -0.118. The molecule has 0 aliphatic rings. The van der Waals surface area contributed by atoms with E-state index in [1.165, 1.54) is 18.0 Å². The average Bonchev–Trinajstić information content (AvgIpc) is 2.74. The predicted octanol–water partition coefficient (Wildman–Crippen LogP) is 7.23. The summed E-state index contributed by atoms with van der Waals surface area (Å²) in [5.74, 6) is 0.611. The maximum Gasteiger partial charge on any atom is 0.250 e. The van der Waals surface area contributed by atoms with Gasteiger partial charge in [-0.2, -0.15) is 5.10 Å². The lowest BCUT2D eigenvalue weighted by Gasteiger charge is -2.11. The van der Waals surface area contributed by atoms with Gasteiger partial charge in [-0.15, -0.1) is 11.8 Å². The fourth-order valence-corrected chi connectivity index (χ4v) is 4.09. The number of nitrogens with zero attached hydrogens (tertiary/aromatic N) is 1. The summed E-state index contributed by atoms with van der Waals surface area (Å²) in [6, 6.07) is 18.1. The lowest BCUT2D eigenvalue weighted by Crippen LogP contribution is -2.19. The minimum absolute atomic E-state index is 0.221. The molecule has 9 heteroatoms. The van der Waals surface area contributed by atoms with Gasteiger partial charge in [0.15, 0.2) is 0 Å². The summed E-state index contributed by atoms with van der Waals surface area (Å²) < 4.78 is 6.76. The topological polar surface area (TPSA) is 50.7 Å². The van der Waals surface area contributed by atoms with Gasteiger partial charge in [-0.05, 0) is 54.6 Å². The molecule has 0 fully saturated rings. The van der Waals surface area contributed by atoms with Gasteiger partial charge in [-0.3, -0.25) is 4.79 Å². The lowest BCUT2D eigenvalue weighted by atomic mass is 10.2. The molecule has 3 rings (SSSR count). The number of carbonyl (C=O) groups is 1. The SMILES string of the molecule is O=C(CSc1ccc(Cl)cc1)N/N=C\c1cc(Br)ccc1OCc1ccc(Cl)cc1Cl. The van der Waals surface area contributed by atoms with Crippen LogP contribution in [0.2, 0.25) is 15.1 Å². The van der Waals surface area contributed by atoms with Crippen molar-refractivity contribution < 1.29 is 9.53 Å². The number of hydrogen-bond donors (Lipinski definition) is 1. The number of ether oxygens (including phenoxy) is 1. The molecule has 3 aromatic rings. The second kappa shape index (κ2) is 11.8. The van der Waals surface area contributed by atoms with Crippen molar-refractivity contribution in [3.05, 3.63) is 91.3 Å². The van der Waals surface area contributed by atoms with Gasteiger partial charge in [0.1, 0.15) is 12.4 Å². The van der Waals surface area contributed by atoms with Crippen molar-refractivity contribution in [1.29, 1.82) is 0 Å². The molecule has 3 aromatic carbocycles. The minimum Gasteiger partial charge on any atom is -0.488 e. The highest BCUT2D eigenvalue weighted by atomic mass is 79.9. The summed E-state index contributed by atoms with van der Waals surface area (Å²) in [5, 5.41) is 5.80. The van der Waals surface area contributed by atoms with Crippen LogP contribution in [-0.2, 0) is 11.4 Å². The zero-order valence-electron chi connectivity index (χ0n) is 15.9. The molecule has 0 spiro atoms. The van der Waals surface area contributed by atoms with Gasteiger partial charge in [0, 0.05) is 35.6 Å². The maximum absolute atomic E-state index is 12.1. The number of thioether (sulfide) groups is 1. The van der Waals surface area contributed by atoms with Gasteiger partial charge in [-0.25, -0.2) is 5.43 Å². The maximum atomic E-state index is 12.1. The number of hydrazone groups is 1. The monoisotopic (exact) mass is 556 g/mol. The van der Waals surface area contributed by atoms with Crippen molar-refractivity contribution in [3.8, 4) is 5.75 Å². The largest absolute Gasteiger partial charge is 0.488 e. The van der Waals surface area contributed by atoms with Gasteiger partial charge in [0.2, 0.25) is 5.91 Å². The Morgan fingerprint density at radius 2 is 1.77 bits per heavy atom. The Morgan fingerprint density at radius 3 is 2.52 bits per heavy atom. The van der Waals surface area contributed by atoms with Crippen LogP contribution in [0.15, 0.2) is 75.1 Å². The highest BCUT2D eigenvalue weighted by Gasteiger charge is 2.07. The molecule has 0 aliphatic heterocycles. The smallest absolute Gasteiger partial charge is 0.250 e. The van der Waals surface area contributed by atoms with E-state index < -0.39 is 0 Å². The molecule has 0 aliphatic carbocycles. The van der Waals surface area contributed by atoms with Crippen LogP contribution in [0.3, 0.4) is 0 Å². The summed E-state index contributed by atoms with van der Waals surface area (Å²) in [5.41, 5.74) is 4.03. The van der Waals surface area contributed by atoms with Crippen LogP contribution in [-0.4, -0.2) is 17.9 Å². The molecule has 0 aromatic heterocycles. The van der Waals surface area contributed by atoms with Crippen molar-refractivity contribution in [2.75, 3.05) is 5.75 Å². The summed E-state index contributed by atoms with van der Waals surface area (Å²) >= 11 is 22.8. The summed E-state index contributed by atoms with van der Waals surface area (Å²) in [6.07, 6.45) is 1.54. The van der Waals surface area contributed by atoms with Crippen molar-refractivity contribution in [3.63, 3.8) is 0 Å². The molecule has 0 unspecified atom stereocenters. The molecule has 4 nitrogen and oxygen atoms in total. The van der Waals surface area contributed by atoms with E-state index in [1.807, 2.05) is 36.4 Å². The molecule has 0 radical (unpaired) electrons. The van der Waals surface area contributed by atoms with E-state index in [0.717, 1.165) is 14.9 Å². The van der Waals surface area contributed by atoms with Crippen molar-refractivity contribution in [2.24, 2.45) is 5.10 Å². The average molecular weight is 559 g/mol. The second-order valence-corrected chi connectivity index (χ2v) is 9.49. The molecule has 0 bridgehead atoms.